The van der Waals surface area contributed by atoms with Crippen LogP contribution in [0.25, 0.3) is 6.08 Å². The van der Waals surface area contributed by atoms with Crippen molar-refractivity contribution in [3.05, 3.63) is 34.5 Å². The SMILES string of the molecule is CC(C)N1C(=O)S/C(=C\c2ccc(N3CCCC3)c(F)c2)C1=O. The highest BCUT2D eigenvalue weighted by atomic mass is 32.2. The first-order valence-corrected chi connectivity index (χ1v) is 8.60. The van der Waals surface area contributed by atoms with E-state index in [2.05, 4.69) is 0 Å². The van der Waals surface area contributed by atoms with E-state index in [-0.39, 0.29) is 23.0 Å². The smallest absolute Gasteiger partial charge is 0.293 e. The molecule has 1 aromatic carbocycles. The van der Waals surface area contributed by atoms with Gasteiger partial charge in [0.25, 0.3) is 11.1 Å². The molecule has 2 aliphatic heterocycles. The molecule has 0 aliphatic carbocycles. The van der Waals surface area contributed by atoms with E-state index in [0.717, 1.165) is 37.7 Å². The number of benzene rings is 1. The summed E-state index contributed by atoms with van der Waals surface area (Å²) in [5, 5.41) is -0.273. The van der Waals surface area contributed by atoms with Crippen molar-refractivity contribution in [3.8, 4) is 0 Å². The molecule has 0 radical (unpaired) electrons. The maximum Gasteiger partial charge on any atom is 0.293 e. The van der Waals surface area contributed by atoms with Crippen LogP contribution in [0.2, 0.25) is 0 Å². The first-order chi connectivity index (χ1) is 11.0. The lowest BCUT2D eigenvalue weighted by Crippen LogP contribution is -2.34. The summed E-state index contributed by atoms with van der Waals surface area (Å²) in [6.07, 6.45) is 3.76. The van der Waals surface area contributed by atoms with Crippen LogP contribution in [-0.2, 0) is 4.79 Å². The Labute approximate surface area is 139 Å². The van der Waals surface area contributed by atoms with E-state index in [9.17, 15) is 14.0 Å². The second-order valence-electron chi connectivity index (χ2n) is 6.05. The largest absolute Gasteiger partial charge is 0.369 e. The summed E-state index contributed by atoms with van der Waals surface area (Å²) in [7, 11) is 0. The van der Waals surface area contributed by atoms with Crippen LogP contribution in [0.15, 0.2) is 23.1 Å². The standard InChI is InChI=1S/C17H19FN2O2S/c1-11(2)20-16(21)15(23-17(20)22)10-12-5-6-14(13(18)9-12)19-7-3-4-8-19/h5-6,9-11H,3-4,7-8H2,1-2H3/b15-10-. The molecular weight excluding hydrogens is 315 g/mol. The van der Waals surface area contributed by atoms with Gasteiger partial charge in [-0.2, -0.15) is 0 Å². The maximum absolute atomic E-state index is 14.3. The van der Waals surface area contributed by atoms with Crippen molar-refractivity contribution in [2.24, 2.45) is 0 Å². The van der Waals surface area contributed by atoms with Crippen molar-refractivity contribution < 1.29 is 14.0 Å². The van der Waals surface area contributed by atoms with Crippen molar-refractivity contribution in [2.45, 2.75) is 32.7 Å². The lowest BCUT2D eigenvalue weighted by Gasteiger charge is -2.18. The van der Waals surface area contributed by atoms with Gasteiger partial charge in [0.2, 0.25) is 0 Å². The molecule has 0 unspecified atom stereocenters. The van der Waals surface area contributed by atoms with Gasteiger partial charge in [-0.05, 0) is 62.2 Å². The van der Waals surface area contributed by atoms with Gasteiger partial charge in [0.15, 0.2) is 0 Å². The Morgan fingerprint density at radius 2 is 1.91 bits per heavy atom. The third-order valence-corrected chi connectivity index (χ3v) is 4.94. The van der Waals surface area contributed by atoms with Gasteiger partial charge in [0.05, 0.1) is 10.6 Å². The van der Waals surface area contributed by atoms with Crippen LogP contribution in [0.4, 0.5) is 14.9 Å². The topological polar surface area (TPSA) is 40.6 Å². The summed E-state index contributed by atoms with van der Waals surface area (Å²) in [5.41, 5.74) is 1.20. The number of anilines is 1. The van der Waals surface area contributed by atoms with Crippen LogP contribution in [0.3, 0.4) is 0 Å². The number of hydrogen-bond acceptors (Lipinski definition) is 4. The molecule has 3 rings (SSSR count). The predicted molar refractivity (Wildman–Crippen MR) is 90.8 cm³/mol. The summed E-state index contributed by atoms with van der Waals surface area (Å²) in [4.78, 5) is 27.7. The number of halogens is 1. The lowest BCUT2D eigenvalue weighted by molar-refractivity contribution is -0.123. The number of amides is 2. The molecule has 2 fully saturated rings. The van der Waals surface area contributed by atoms with Crippen molar-refractivity contribution in [3.63, 3.8) is 0 Å². The number of imide groups is 1. The highest BCUT2D eigenvalue weighted by Crippen LogP contribution is 2.34. The fraction of sp³-hybridized carbons (Fsp3) is 0.412. The molecule has 2 saturated heterocycles. The predicted octanol–water partition coefficient (Wildman–Crippen LogP) is 3.87. The van der Waals surface area contributed by atoms with Gasteiger partial charge >= 0.3 is 0 Å². The van der Waals surface area contributed by atoms with Gasteiger partial charge in [-0.15, -0.1) is 0 Å². The van der Waals surface area contributed by atoms with Crippen LogP contribution < -0.4 is 4.90 Å². The van der Waals surface area contributed by atoms with Crippen LogP contribution >= 0.6 is 11.8 Å². The second kappa shape index (κ2) is 6.35. The van der Waals surface area contributed by atoms with Gasteiger partial charge in [0.1, 0.15) is 5.82 Å². The zero-order chi connectivity index (χ0) is 16.6. The fourth-order valence-electron chi connectivity index (χ4n) is 2.90. The normalized spacial score (nSPS) is 20.4. The Kier molecular flexibility index (Phi) is 4.43. The zero-order valence-corrected chi connectivity index (χ0v) is 14.0. The van der Waals surface area contributed by atoms with Crippen LogP contribution in [0.5, 0.6) is 0 Å². The van der Waals surface area contributed by atoms with E-state index in [1.807, 2.05) is 4.90 Å². The van der Waals surface area contributed by atoms with Crippen molar-refractivity contribution in [1.29, 1.82) is 0 Å². The first-order valence-electron chi connectivity index (χ1n) is 7.79. The monoisotopic (exact) mass is 334 g/mol. The number of rotatable bonds is 3. The van der Waals surface area contributed by atoms with Crippen molar-refractivity contribution >= 4 is 34.7 Å². The third kappa shape index (κ3) is 3.13. The number of thioether (sulfide) groups is 1. The van der Waals surface area contributed by atoms with Crippen LogP contribution in [0.1, 0.15) is 32.3 Å². The number of carbonyl (C=O) groups excluding carboxylic acids is 2. The maximum atomic E-state index is 14.3. The molecule has 6 heteroatoms. The average molecular weight is 334 g/mol. The second-order valence-corrected chi connectivity index (χ2v) is 7.04. The molecule has 0 atom stereocenters. The number of nitrogens with zero attached hydrogens (tertiary/aromatic N) is 2. The molecule has 2 aliphatic rings. The molecule has 4 nitrogen and oxygen atoms in total. The molecular formula is C17H19FN2O2S. The summed E-state index contributed by atoms with van der Waals surface area (Å²) < 4.78 is 14.3. The van der Waals surface area contributed by atoms with E-state index in [1.54, 1.807) is 32.1 Å². The van der Waals surface area contributed by atoms with Crippen molar-refractivity contribution in [1.82, 2.24) is 4.90 Å². The minimum atomic E-state index is -0.306. The van der Waals surface area contributed by atoms with E-state index < -0.39 is 0 Å². The molecule has 2 heterocycles. The van der Waals surface area contributed by atoms with Crippen LogP contribution in [0, 0.1) is 5.82 Å². The third-order valence-electron chi connectivity index (χ3n) is 4.06. The van der Waals surface area contributed by atoms with E-state index in [1.165, 1.54) is 11.0 Å². The number of hydrogen-bond donors (Lipinski definition) is 0. The molecule has 2 amide bonds. The fourth-order valence-corrected chi connectivity index (χ4v) is 3.86. The Balaban J connectivity index is 1.84. The van der Waals surface area contributed by atoms with Gasteiger partial charge < -0.3 is 4.90 Å². The highest BCUT2D eigenvalue weighted by molar-refractivity contribution is 8.18. The van der Waals surface area contributed by atoms with Gasteiger partial charge in [-0.1, -0.05) is 6.07 Å². The van der Waals surface area contributed by atoms with E-state index in [4.69, 9.17) is 0 Å². The van der Waals surface area contributed by atoms with Crippen molar-refractivity contribution in [2.75, 3.05) is 18.0 Å². The van der Waals surface area contributed by atoms with E-state index >= 15 is 0 Å². The zero-order valence-electron chi connectivity index (χ0n) is 13.2. The Hall–Kier alpha value is -1.82. The Morgan fingerprint density at radius 3 is 2.48 bits per heavy atom. The summed E-state index contributed by atoms with van der Waals surface area (Å²) in [6, 6.07) is 4.79. The van der Waals surface area contributed by atoms with Gasteiger partial charge in [-0.3, -0.25) is 14.5 Å². The lowest BCUT2D eigenvalue weighted by atomic mass is 10.1. The molecule has 0 N–H and O–H groups in total. The number of carbonyl (C=O) groups is 2. The summed E-state index contributed by atoms with van der Waals surface area (Å²) in [5.74, 6) is -0.595. The molecule has 1 aromatic rings. The molecule has 23 heavy (non-hydrogen) atoms. The van der Waals surface area contributed by atoms with Crippen LogP contribution in [-0.4, -0.2) is 35.2 Å². The molecule has 0 bridgehead atoms. The van der Waals surface area contributed by atoms with Gasteiger partial charge in [-0.25, -0.2) is 4.39 Å². The first kappa shape index (κ1) is 16.1. The minimum Gasteiger partial charge on any atom is -0.369 e. The minimum absolute atomic E-state index is 0.178. The highest BCUT2D eigenvalue weighted by Gasteiger charge is 2.36. The molecule has 122 valence electrons. The Bertz CT molecular complexity index is 681. The van der Waals surface area contributed by atoms with Gasteiger partial charge in [0, 0.05) is 19.1 Å². The summed E-state index contributed by atoms with van der Waals surface area (Å²) in [6.45, 7) is 5.35. The quantitative estimate of drug-likeness (QED) is 0.787. The molecule has 0 aromatic heterocycles. The average Bonchev–Trinajstić information content (AvgIpc) is 3.08. The Morgan fingerprint density at radius 1 is 1.22 bits per heavy atom. The molecule has 0 saturated carbocycles. The summed E-state index contributed by atoms with van der Waals surface area (Å²) >= 11 is 0.906. The molecule has 0 spiro atoms. The van der Waals surface area contributed by atoms with E-state index in [0.29, 0.717) is 16.2 Å².